The molecule has 0 radical (unpaired) electrons. The summed E-state index contributed by atoms with van der Waals surface area (Å²) in [4.78, 5) is 8.69. The first kappa shape index (κ1) is 11.2. The van der Waals surface area contributed by atoms with E-state index in [4.69, 9.17) is 10.5 Å². The summed E-state index contributed by atoms with van der Waals surface area (Å²) in [5.41, 5.74) is 6.72. The van der Waals surface area contributed by atoms with Crippen molar-refractivity contribution in [3.63, 3.8) is 0 Å². The molecule has 1 aliphatic rings. The molecule has 0 saturated heterocycles. The van der Waals surface area contributed by atoms with Gasteiger partial charge >= 0.3 is 0 Å². The van der Waals surface area contributed by atoms with Crippen LogP contribution in [0.2, 0.25) is 0 Å². The van der Waals surface area contributed by atoms with E-state index >= 15 is 0 Å². The van der Waals surface area contributed by atoms with Crippen molar-refractivity contribution in [1.82, 2.24) is 9.97 Å². The molecule has 0 aromatic carbocycles. The van der Waals surface area contributed by atoms with E-state index in [0.717, 1.165) is 37.1 Å². The van der Waals surface area contributed by atoms with Gasteiger partial charge in [-0.2, -0.15) is 4.98 Å². The lowest BCUT2D eigenvalue weighted by Crippen LogP contribution is -2.25. The van der Waals surface area contributed by atoms with Crippen LogP contribution in [0, 0.1) is 6.92 Å². The fourth-order valence-corrected chi connectivity index (χ4v) is 1.66. The van der Waals surface area contributed by atoms with E-state index < -0.39 is 0 Å². The van der Waals surface area contributed by atoms with Crippen LogP contribution in [0.4, 0.5) is 5.82 Å². The van der Waals surface area contributed by atoms with Gasteiger partial charge in [-0.05, 0) is 32.6 Å². The molecule has 1 saturated carbocycles. The Morgan fingerprint density at radius 2 is 2.12 bits per heavy atom. The topological polar surface area (TPSA) is 61.0 Å². The molecular formula is C12H19N3O. The maximum atomic E-state index is 5.86. The summed E-state index contributed by atoms with van der Waals surface area (Å²) in [6.07, 6.45) is 5.73. The van der Waals surface area contributed by atoms with E-state index in [1.54, 1.807) is 0 Å². The number of aromatic nitrogens is 2. The molecule has 1 aliphatic carbocycles. The van der Waals surface area contributed by atoms with Crippen molar-refractivity contribution in [2.45, 2.75) is 52.1 Å². The van der Waals surface area contributed by atoms with Crippen LogP contribution >= 0.6 is 0 Å². The summed E-state index contributed by atoms with van der Waals surface area (Å²) in [5, 5.41) is 0. The van der Waals surface area contributed by atoms with Crippen LogP contribution in [0.1, 0.15) is 44.0 Å². The van der Waals surface area contributed by atoms with Crippen molar-refractivity contribution in [3.8, 4) is 5.88 Å². The highest BCUT2D eigenvalue weighted by atomic mass is 16.5. The second-order valence-corrected chi connectivity index (χ2v) is 4.38. The summed E-state index contributed by atoms with van der Waals surface area (Å²) >= 11 is 0. The number of hydrogen-bond donors (Lipinski definition) is 1. The molecule has 0 amide bonds. The molecular weight excluding hydrogens is 202 g/mol. The summed E-state index contributed by atoms with van der Waals surface area (Å²) < 4.78 is 5.82. The Kier molecular flexibility index (Phi) is 3.27. The zero-order chi connectivity index (χ0) is 11.5. The zero-order valence-corrected chi connectivity index (χ0v) is 9.99. The normalized spacial score (nSPS) is 15.9. The average molecular weight is 221 g/mol. The van der Waals surface area contributed by atoms with Gasteiger partial charge in [-0.15, -0.1) is 0 Å². The first-order valence-corrected chi connectivity index (χ1v) is 6.00. The summed E-state index contributed by atoms with van der Waals surface area (Å²) in [5.74, 6) is 2.02. The Balaban J connectivity index is 2.19. The van der Waals surface area contributed by atoms with E-state index in [-0.39, 0.29) is 0 Å². The molecule has 0 aliphatic heterocycles. The first-order valence-electron chi connectivity index (χ1n) is 6.00. The minimum Gasteiger partial charge on any atom is -0.474 e. The largest absolute Gasteiger partial charge is 0.474 e. The minimum atomic E-state index is 0.336. The third-order valence-electron chi connectivity index (χ3n) is 2.99. The molecule has 1 aromatic heterocycles. The van der Waals surface area contributed by atoms with E-state index in [9.17, 15) is 0 Å². The Hall–Kier alpha value is -1.32. The maximum absolute atomic E-state index is 5.86. The van der Waals surface area contributed by atoms with Gasteiger partial charge in [0.05, 0.1) is 5.56 Å². The third-order valence-corrected chi connectivity index (χ3v) is 2.99. The Morgan fingerprint density at radius 1 is 1.38 bits per heavy atom. The fourth-order valence-electron chi connectivity index (χ4n) is 1.66. The Bertz CT molecular complexity index is 375. The lowest BCUT2D eigenvalue weighted by Gasteiger charge is -2.26. The molecule has 88 valence electrons. The monoisotopic (exact) mass is 221 g/mol. The van der Waals surface area contributed by atoms with E-state index in [1.807, 2.05) is 6.92 Å². The number of nitrogen functional groups attached to an aromatic ring is 1. The highest BCUT2D eigenvalue weighted by Crippen LogP contribution is 2.27. The van der Waals surface area contributed by atoms with Gasteiger partial charge in [0.25, 0.3) is 0 Å². The van der Waals surface area contributed by atoms with Crippen LogP contribution in [0.5, 0.6) is 5.88 Å². The fraction of sp³-hybridized carbons (Fsp3) is 0.667. The van der Waals surface area contributed by atoms with Gasteiger partial charge in [0.15, 0.2) is 0 Å². The zero-order valence-electron chi connectivity index (χ0n) is 9.99. The van der Waals surface area contributed by atoms with E-state index in [1.165, 1.54) is 6.42 Å². The van der Waals surface area contributed by atoms with Gasteiger partial charge in [0.2, 0.25) is 5.88 Å². The Morgan fingerprint density at radius 3 is 2.69 bits per heavy atom. The maximum Gasteiger partial charge on any atom is 0.222 e. The summed E-state index contributed by atoms with van der Waals surface area (Å²) in [6, 6.07) is 0. The number of nitrogens with zero attached hydrogens (tertiary/aromatic N) is 2. The lowest BCUT2D eigenvalue weighted by atomic mass is 9.96. The predicted octanol–water partition coefficient (Wildman–Crippen LogP) is 2.25. The Labute approximate surface area is 96.2 Å². The van der Waals surface area contributed by atoms with Gasteiger partial charge in [-0.1, -0.05) is 6.92 Å². The molecule has 16 heavy (non-hydrogen) atoms. The van der Waals surface area contributed by atoms with Crippen molar-refractivity contribution in [3.05, 3.63) is 11.4 Å². The van der Waals surface area contributed by atoms with Gasteiger partial charge in [0, 0.05) is 6.42 Å². The number of rotatable bonds is 4. The van der Waals surface area contributed by atoms with Gasteiger partial charge in [-0.3, -0.25) is 0 Å². The SMILES string of the molecule is CCCc1nc(N)c(C)c(OC2CCC2)n1. The van der Waals surface area contributed by atoms with Crippen LogP contribution in [-0.2, 0) is 6.42 Å². The molecule has 1 heterocycles. The summed E-state index contributed by atoms with van der Waals surface area (Å²) in [6.45, 7) is 4.02. The van der Waals surface area contributed by atoms with Gasteiger partial charge in [0.1, 0.15) is 17.7 Å². The molecule has 2 rings (SSSR count). The average Bonchev–Trinajstić information content (AvgIpc) is 2.19. The molecule has 0 unspecified atom stereocenters. The number of aryl methyl sites for hydroxylation is 1. The molecule has 1 fully saturated rings. The molecule has 4 heteroatoms. The van der Waals surface area contributed by atoms with Crippen LogP contribution in [-0.4, -0.2) is 16.1 Å². The standard InChI is InChI=1S/C12H19N3O/c1-3-5-10-14-11(13)8(2)12(15-10)16-9-6-4-7-9/h9H,3-7H2,1-2H3,(H2,13,14,15). The van der Waals surface area contributed by atoms with Crippen LogP contribution in [0.25, 0.3) is 0 Å². The molecule has 0 spiro atoms. The second kappa shape index (κ2) is 4.68. The molecule has 0 bridgehead atoms. The predicted molar refractivity (Wildman–Crippen MR) is 63.4 cm³/mol. The van der Waals surface area contributed by atoms with Gasteiger partial charge < -0.3 is 10.5 Å². The highest BCUT2D eigenvalue weighted by Gasteiger charge is 2.21. The first-order chi connectivity index (χ1) is 7.70. The lowest BCUT2D eigenvalue weighted by molar-refractivity contribution is 0.113. The second-order valence-electron chi connectivity index (χ2n) is 4.38. The van der Waals surface area contributed by atoms with Crippen molar-refractivity contribution in [2.75, 3.05) is 5.73 Å². The van der Waals surface area contributed by atoms with Crippen LogP contribution in [0.3, 0.4) is 0 Å². The highest BCUT2D eigenvalue weighted by molar-refractivity contribution is 5.44. The van der Waals surface area contributed by atoms with E-state index in [0.29, 0.717) is 17.8 Å². The van der Waals surface area contributed by atoms with Crippen LogP contribution in [0.15, 0.2) is 0 Å². The van der Waals surface area contributed by atoms with E-state index in [2.05, 4.69) is 16.9 Å². The number of hydrogen-bond acceptors (Lipinski definition) is 4. The smallest absolute Gasteiger partial charge is 0.222 e. The number of ether oxygens (including phenoxy) is 1. The molecule has 1 aromatic rings. The van der Waals surface area contributed by atoms with Crippen molar-refractivity contribution in [2.24, 2.45) is 0 Å². The quantitative estimate of drug-likeness (QED) is 0.847. The minimum absolute atomic E-state index is 0.336. The van der Waals surface area contributed by atoms with Crippen LogP contribution < -0.4 is 10.5 Å². The third kappa shape index (κ3) is 2.26. The number of nitrogens with two attached hydrogens (primary N) is 1. The van der Waals surface area contributed by atoms with Crippen molar-refractivity contribution >= 4 is 5.82 Å². The molecule has 4 nitrogen and oxygen atoms in total. The van der Waals surface area contributed by atoms with Crippen molar-refractivity contribution in [1.29, 1.82) is 0 Å². The number of anilines is 1. The van der Waals surface area contributed by atoms with Gasteiger partial charge in [-0.25, -0.2) is 4.98 Å². The van der Waals surface area contributed by atoms with Crippen molar-refractivity contribution < 1.29 is 4.74 Å². The molecule has 2 N–H and O–H groups in total. The summed E-state index contributed by atoms with van der Waals surface area (Å²) in [7, 11) is 0. The molecule has 0 atom stereocenters.